The largest absolute Gasteiger partial charge is 0.491 e. The van der Waals surface area contributed by atoms with Crippen LogP contribution in [0.4, 0.5) is 0 Å². The molecule has 25 heavy (non-hydrogen) atoms. The minimum atomic E-state index is -0.772. The maximum Gasteiger partial charge on any atom is 0.262 e. The standard InChI is InChI=1S/C19H20N2O3S/c22-13(11-24-14-6-2-1-3-7-14)10-21-12-20-18-17(19(21)23)15-8-4-5-9-16(15)25-18/h1-3,6-7,12-13,22H,4-5,8-11H2/t13-/m0/s1. The Labute approximate surface area is 149 Å². The third-order valence-electron chi connectivity index (χ3n) is 4.53. The molecular weight excluding hydrogens is 336 g/mol. The Kier molecular flexibility index (Phi) is 4.55. The molecule has 1 atom stereocenters. The predicted octanol–water partition coefficient (Wildman–Crippen LogP) is 2.78. The zero-order chi connectivity index (χ0) is 17.2. The summed E-state index contributed by atoms with van der Waals surface area (Å²) in [7, 11) is 0. The third-order valence-corrected chi connectivity index (χ3v) is 5.73. The molecular formula is C19H20N2O3S. The molecule has 1 N–H and O–H groups in total. The maximum absolute atomic E-state index is 12.8. The van der Waals surface area contributed by atoms with E-state index < -0.39 is 6.10 Å². The smallest absolute Gasteiger partial charge is 0.262 e. The van der Waals surface area contributed by atoms with E-state index in [0.717, 1.165) is 29.5 Å². The van der Waals surface area contributed by atoms with Crippen LogP contribution >= 0.6 is 11.3 Å². The summed E-state index contributed by atoms with van der Waals surface area (Å²) in [5.41, 5.74) is 1.12. The summed E-state index contributed by atoms with van der Waals surface area (Å²) in [4.78, 5) is 19.4. The van der Waals surface area contributed by atoms with E-state index in [-0.39, 0.29) is 18.7 Å². The number of aliphatic hydroxyl groups excluding tert-OH is 1. The Balaban J connectivity index is 1.53. The highest BCUT2D eigenvalue weighted by Crippen LogP contribution is 2.33. The second-order valence-corrected chi connectivity index (χ2v) is 7.45. The van der Waals surface area contributed by atoms with Crippen LogP contribution in [0.25, 0.3) is 10.2 Å². The Morgan fingerprint density at radius 3 is 2.88 bits per heavy atom. The van der Waals surface area contributed by atoms with Crippen LogP contribution in [0, 0.1) is 0 Å². The van der Waals surface area contributed by atoms with Crippen molar-refractivity contribution in [1.82, 2.24) is 9.55 Å². The lowest BCUT2D eigenvalue weighted by molar-refractivity contribution is 0.0915. The average molecular weight is 356 g/mol. The van der Waals surface area contributed by atoms with E-state index >= 15 is 0 Å². The number of aromatic nitrogens is 2. The number of para-hydroxylation sites is 1. The van der Waals surface area contributed by atoms with Crippen LogP contribution in [0.3, 0.4) is 0 Å². The molecule has 2 aromatic heterocycles. The monoisotopic (exact) mass is 356 g/mol. The van der Waals surface area contributed by atoms with Crippen molar-refractivity contribution < 1.29 is 9.84 Å². The molecule has 0 fully saturated rings. The molecule has 0 amide bonds. The number of benzene rings is 1. The fourth-order valence-corrected chi connectivity index (χ4v) is 4.52. The summed E-state index contributed by atoms with van der Waals surface area (Å²) in [6, 6.07) is 9.34. The summed E-state index contributed by atoms with van der Waals surface area (Å²) in [5, 5.41) is 11.0. The molecule has 2 heterocycles. The number of fused-ring (bicyclic) bond motifs is 3. The first-order valence-corrected chi connectivity index (χ1v) is 9.39. The molecule has 0 radical (unpaired) electrons. The van der Waals surface area contributed by atoms with Gasteiger partial charge in [0.2, 0.25) is 0 Å². The number of rotatable bonds is 5. The molecule has 3 aromatic rings. The molecule has 0 bridgehead atoms. The highest BCUT2D eigenvalue weighted by atomic mass is 32.1. The van der Waals surface area contributed by atoms with Crippen molar-refractivity contribution in [2.45, 2.75) is 38.3 Å². The Morgan fingerprint density at radius 2 is 2.04 bits per heavy atom. The van der Waals surface area contributed by atoms with Gasteiger partial charge in [-0.2, -0.15) is 0 Å². The van der Waals surface area contributed by atoms with Gasteiger partial charge in [0.25, 0.3) is 5.56 Å². The molecule has 1 aliphatic rings. The molecule has 0 aliphatic heterocycles. The van der Waals surface area contributed by atoms with Crippen LogP contribution in [-0.4, -0.2) is 27.4 Å². The van der Waals surface area contributed by atoms with E-state index in [1.807, 2.05) is 30.3 Å². The minimum absolute atomic E-state index is 0.0526. The topological polar surface area (TPSA) is 64.4 Å². The minimum Gasteiger partial charge on any atom is -0.491 e. The zero-order valence-corrected chi connectivity index (χ0v) is 14.7. The molecule has 0 unspecified atom stereocenters. The van der Waals surface area contributed by atoms with Gasteiger partial charge in [-0.15, -0.1) is 11.3 Å². The lowest BCUT2D eigenvalue weighted by Crippen LogP contribution is -2.30. The number of nitrogens with zero attached hydrogens (tertiary/aromatic N) is 2. The summed E-state index contributed by atoms with van der Waals surface area (Å²) in [6.45, 7) is 0.315. The summed E-state index contributed by atoms with van der Waals surface area (Å²) in [6.07, 6.45) is 5.08. The van der Waals surface area contributed by atoms with Crippen LogP contribution < -0.4 is 10.3 Å². The van der Waals surface area contributed by atoms with E-state index in [0.29, 0.717) is 5.75 Å². The van der Waals surface area contributed by atoms with Crippen molar-refractivity contribution in [3.63, 3.8) is 0 Å². The first-order valence-electron chi connectivity index (χ1n) is 8.58. The Hall–Kier alpha value is -2.18. The Bertz CT molecular complexity index is 933. The van der Waals surface area contributed by atoms with E-state index in [1.54, 1.807) is 17.7 Å². The summed E-state index contributed by atoms with van der Waals surface area (Å²) < 4.78 is 7.06. The van der Waals surface area contributed by atoms with Gasteiger partial charge in [0.1, 0.15) is 23.3 Å². The maximum atomic E-state index is 12.8. The van der Waals surface area contributed by atoms with Crippen LogP contribution in [-0.2, 0) is 19.4 Å². The van der Waals surface area contributed by atoms with E-state index in [4.69, 9.17) is 4.74 Å². The zero-order valence-electron chi connectivity index (χ0n) is 13.9. The van der Waals surface area contributed by atoms with Gasteiger partial charge in [0, 0.05) is 4.88 Å². The number of aliphatic hydroxyl groups is 1. The lowest BCUT2D eigenvalue weighted by atomic mass is 9.97. The molecule has 4 rings (SSSR count). The second kappa shape index (κ2) is 6.98. The van der Waals surface area contributed by atoms with E-state index in [9.17, 15) is 9.90 Å². The van der Waals surface area contributed by atoms with Crippen molar-refractivity contribution in [2.75, 3.05) is 6.61 Å². The quantitative estimate of drug-likeness (QED) is 0.763. The molecule has 1 aromatic carbocycles. The summed E-state index contributed by atoms with van der Waals surface area (Å²) in [5.74, 6) is 0.703. The van der Waals surface area contributed by atoms with Gasteiger partial charge in [-0.05, 0) is 43.4 Å². The van der Waals surface area contributed by atoms with Gasteiger partial charge < -0.3 is 9.84 Å². The molecule has 6 heteroatoms. The van der Waals surface area contributed by atoms with Crippen molar-refractivity contribution in [3.05, 3.63) is 57.5 Å². The van der Waals surface area contributed by atoms with Crippen molar-refractivity contribution in [1.29, 1.82) is 0 Å². The van der Waals surface area contributed by atoms with E-state index in [2.05, 4.69) is 4.98 Å². The molecule has 1 aliphatic carbocycles. The van der Waals surface area contributed by atoms with Crippen LogP contribution in [0.15, 0.2) is 41.5 Å². The van der Waals surface area contributed by atoms with Gasteiger partial charge in [-0.3, -0.25) is 9.36 Å². The number of hydrogen-bond acceptors (Lipinski definition) is 5. The highest BCUT2D eigenvalue weighted by Gasteiger charge is 2.20. The van der Waals surface area contributed by atoms with Crippen molar-refractivity contribution >= 4 is 21.6 Å². The van der Waals surface area contributed by atoms with E-state index in [1.165, 1.54) is 21.4 Å². The van der Waals surface area contributed by atoms with Gasteiger partial charge in [-0.25, -0.2) is 4.98 Å². The molecule has 130 valence electrons. The van der Waals surface area contributed by atoms with Crippen LogP contribution in [0.2, 0.25) is 0 Å². The average Bonchev–Trinajstić information content (AvgIpc) is 3.02. The molecule has 0 saturated carbocycles. The number of thiophene rings is 1. The first-order chi connectivity index (χ1) is 12.2. The summed E-state index contributed by atoms with van der Waals surface area (Å²) >= 11 is 1.64. The molecule has 5 nitrogen and oxygen atoms in total. The fraction of sp³-hybridized carbons (Fsp3) is 0.368. The predicted molar refractivity (Wildman–Crippen MR) is 98.5 cm³/mol. The van der Waals surface area contributed by atoms with Crippen molar-refractivity contribution in [3.8, 4) is 5.75 Å². The van der Waals surface area contributed by atoms with Gasteiger partial charge >= 0.3 is 0 Å². The molecule has 0 saturated heterocycles. The van der Waals surface area contributed by atoms with Gasteiger partial charge in [0.05, 0.1) is 18.3 Å². The third kappa shape index (κ3) is 3.32. The number of hydrogen-bond donors (Lipinski definition) is 1. The van der Waals surface area contributed by atoms with Crippen LogP contribution in [0.1, 0.15) is 23.3 Å². The van der Waals surface area contributed by atoms with Crippen molar-refractivity contribution in [2.24, 2.45) is 0 Å². The number of ether oxygens (including phenoxy) is 1. The normalized spacial score (nSPS) is 15.1. The van der Waals surface area contributed by atoms with Gasteiger partial charge in [0.15, 0.2) is 0 Å². The fourth-order valence-electron chi connectivity index (χ4n) is 3.30. The first kappa shape index (κ1) is 16.3. The van der Waals surface area contributed by atoms with Crippen LogP contribution in [0.5, 0.6) is 5.75 Å². The number of aryl methyl sites for hydroxylation is 2. The lowest BCUT2D eigenvalue weighted by Gasteiger charge is -2.14. The highest BCUT2D eigenvalue weighted by molar-refractivity contribution is 7.18. The van der Waals surface area contributed by atoms with Gasteiger partial charge in [-0.1, -0.05) is 18.2 Å². The second-order valence-electron chi connectivity index (χ2n) is 6.37. The SMILES string of the molecule is O=c1c2c3c(sc2ncn1C[C@H](O)COc1ccccc1)CCCC3. The molecule has 0 spiro atoms. The Morgan fingerprint density at radius 1 is 1.24 bits per heavy atom.